The smallest absolute Gasteiger partial charge is 0.305 e. The number of carbonyl (C=O) groups is 2. The zero-order chi connectivity index (χ0) is 15.9. The lowest BCUT2D eigenvalue weighted by atomic mass is 10.2. The van der Waals surface area contributed by atoms with Gasteiger partial charge in [-0.2, -0.15) is 11.8 Å². The maximum atomic E-state index is 12.3. The van der Waals surface area contributed by atoms with Gasteiger partial charge < -0.3 is 19.5 Å². The molecule has 22 heavy (non-hydrogen) atoms. The standard InChI is InChI=1S/C15H19NO5S/c1-20-12-4-2-3-5-13(12)21-9-14(17)16-6-7-22-10-11(16)8-15(18)19/h2-5,11H,6-10H2,1H3,(H,18,19). The summed E-state index contributed by atoms with van der Waals surface area (Å²) < 4.78 is 10.7. The molecule has 1 heterocycles. The van der Waals surface area contributed by atoms with E-state index in [9.17, 15) is 9.59 Å². The molecule has 1 N–H and O–H groups in total. The van der Waals surface area contributed by atoms with Gasteiger partial charge in [0.25, 0.3) is 5.91 Å². The maximum absolute atomic E-state index is 12.3. The van der Waals surface area contributed by atoms with E-state index in [-0.39, 0.29) is 25.0 Å². The Morgan fingerprint density at radius 2 is 2.09 bits per heavy atom. The summed E-state index contributed by atoms with van der Waals surface area (Å²) in [6.45, 7) is 0.428. The predicted octanol–water partition coefficient (Wildman–Crippen LogP) is 1.49. The largest absolute Gasteiger partial charge is 0.493 e. The first kappa shape index (κ1) is 16.5. The topological polar surface area (TPSA) is 76.1 Å². The third-order valence-electron chi connectivity index (χ3n) is 3.38. The van der Waals surface area contributed by atoms with E-state index in [4.69, 9.17) is 14.6 Å². The molecule has 120 valence electrons. The molecule has 0 bridgehead atoms. The number of ether oxygens (including phenoxy) is 2. The summed E-state index contributed by atoms with van der Waals surface area (Å²) in [7, 11) is 1.54. The van der Waals surface area contributed by atoms with Crippen LogP contribution in [0.25, 0.3) is 0 Å². The van der Waals surface area contributed by atoms with Crippen molar-refractivity contribution in [1.29, 1.82) is 0 Å². The van der Waals surface area contributed by atoms with Crippen molar-refractivity contribution in [3.63, 3.8) is 0 Å². The second-order valence-electron chi connectivity index (χ2n) is 4.85. The molecule has 1 aromatic carbocycles. The molecule has 0 saturated carbocycles. The monoisotopic (exact) mass is 325 g/mol. The second kappa shape index (κ2) is 7.93. The molecule has 1 atom stereocenters. The lowest BCUT2D eigenvalue weighted by molar-refractivity contribution is -0.141. The van der Waals surface area contributed by atoms with Crippen LogP contribution in [0.5, 0.6) is 11.5 Å². The number of methoxy groups -OCH3 is 1. The van der Waals surface area contributed by atoms with Crippen molar-refractivity contribution < 1.29 is 24.2 Å². The summed E-state index contributed by atoms with van der Waals surface area (Å²) in [6, 6.07) is 6.83. The van der Waals surface area contributed by atoms with Gasteiger partial charge in [0, 0.05) is 18.1 Å². The minimum absolute atomic E-state index is 0.0343. The Labute approximate surface area is 133 Å². The number of nitrogens with zero attached hydrogens (tertiary/aromatic N) is 1. The Hall–Kier alpha value is -1.89. The number of para-hydroxylation sites is 2. The summed E-state index contributed by atoms with van der Waals surface area (Å²) in [5.74, 6) is 1.43. The van der Waals surface area contributed by atoms with Crippen molar-refractivity contribution in [2.45, 2.75) is 12.5 Å². The number of rotatable bonds is 6. The van der Waals surface area contributed by atoms with Gasteiger partial charge in [-0.1, -0.05) is 12.1 Å². The molecule has 0 aliphatic carbocycles. The molecule has 6 nitrogen and oxygen atoms in total. The van der Waals surface area contributed by atoms with E-state index >= 15 is 0 Å². The molecule has 1 aliphatic rings. The summed E-state index contributed by atoms with van der Waals surface area (Å²) >= 11 is 1.67. The van der Waals surface area contributed by atoms with Crippen LogP contribution in [0.1, 0.15) is 6.42 Å². The molecular formula is C15H19NO5S. The van der Waals surface area contributed by atoms with E-state index in [1.807, 2.05) is 6.07 Å². The highest BCUT2D eigenvalue weighted by molar-refractivity contribution is 7.99. The van der Waals surface area contributed by atoms with Crippen molar-refractivity contribution in [3.8, 4) is 11.5 Å². The first-order chi connectivity index (χ1) is 10.6. The SMILES string of the molecule is COc1ccccc1OCC(=O)N1CCSCC1CC(=O)O. The number of benzene rings is 1. The summed E-state index contributed by atoms with van der Waals surface area (Å²) in [5.41, 5.74) is 0. The quantitative estimate of drug-likeness (QED) is 0.854. The lowest BCUT2D eigenvalue weighted by Gasteiger charge is -2.34. The number of amides is 1. The van der Waals surface area contributed by atoms with Crippen LogP contribution >= 0.6 is 11.8 Å². The van der Waals surface area contributed by atoms with Gasteiger partial charge in [0.1, 0.15) is 0 Å². The van der Waals surface area contributed by atoms with Crippen LogP contribution in [0.2, 0.25) is 0 Å². The minimum atomic E-state index is -0.893. The van der Waals surface area contributed by atoms with Gasteiger partial charge in [-0.05, 0) is 12.1 Å². The first-order valence-corrected chi connectivity index (χ1v) is 8.12. The molecule has 0 radical (unpaired) electrons. The van der Waals surface area contributed by atoms with E-state index in [1.165, 1.54) is 7.11 Å². The summed E-state index contributed by atoms with van der Waals surface area (Å²) in [4.78, 5) is 24.8. The average Bonchev–Trinajstić information content (AvgIpc) is 2.52. The zero-order valence-corrected chi connectivity index (χ0v) is 13.2. The number of thioether (sulfide) groups is 1. The van der Waals surface area contributed by atoms with Crippen molar-refractivity contribution >= 4 is 23.6 Å². The number of hydrogen-bond acceptors (Lipinski definition) is 5. The summed E-state index contributed by atoms with van der Waals surface area (Å²) in [5, 5.41) is 8.95. The van der Waals surface area contributed by atoms with Gasteiger partial charge in [0.2, 0.25) is 0 Å². The van der Waals surface area contributed by atoms with Crippen LogP contribution in [0.3, 0.4) is 0 Å². The Balaban J connectivity index is 1.96. The Morgan fingerprint density at radius 1 is 1.36 bits per heavy atom. The van der Waals surface area contributed by atoms with Crippen LogP contribution in [0.15, 0.2) is 24.3 Å². The fourth-order valence-corrected chi connectivity index (χ4v) is 3.38. The van der Waals surface area contributed by atoms with Gasteiger partial charge >= 0.3 is 5.97 Å². The Kier molecular flexibility index (Phi) is 5.94. The van der Waals surface area contributed by atoms with Crippen molar-refractivity contribution in [1.82, 2.24) is 4.90 Å². The van der Waals surface area contributed by atoms with Crippen LogP contribution < -0.4 is 9.47 Å². The third-order valence-corrected chi connectivity index (χ3v) is 4.47. The molecule has 1 fully saturated rings. The molecule has 2 rings (SSSR count). The fourth-order valence-electron chi connectivity index (χ4n) is 2.31. The molecule has 1 aromatic rings. The fraction of sp³-hybridized carbons (Fsp3) is 0.467. The highest BCUT2D eigenvalue weighted by Crippen LogP contribution is 2.26. The average molecular weight is 325 g/mol. The molecular weight excluding hydrogens is 306 g/mol. The van der Waals surface area contributed by atoms with Gasteiger partial charge in [-0.25, -0.2) is 0 Å². The number of hydrogen-bond donors (Lipinski definition) is 1. The number of carboxylic acid groups (broad SMARTS) is 1. The number of carboxylic acids is 1. The van der Waals surface area contributed by atoms with Gasteiger partial charge in [0.15, 0.2) is 18.1 Å². The van der Waals surface area contributed by atoms with Crippen LogP contribution in [0, 0.1) is 0 Å². The van der Waals surface area contributed by atoms with E-state index in [1.54, 1.807) is 34.9 Å². The number of carbonyl (C=O) groups excluding carboxylic acids is 1. The van der Waals surface area contributed by atoms with Crippen molar-refractivity contribution in [3.05, 3.63) is 24.3 Å². The Morgan fingerprint density at radius 3 is 2.77 bits per heavy atom. The highest BCUT2D eigenvalue weighted by atomic mass is 32.2. The second-order valence-corrected chi connectivity index (χ2v) is 6.00. The molecule has 0 aromatic heterocycles. The third kappa shape index (κ3) is 4.30. The van der Waals surface area contributed by atoms with E-state index in [2.05, 4.69) is 0 Å². The molecule has 1 saturated heterocycles. The molecule has 7 heteroatoms. The van der Waals surface area contributed by atoms with Gasteiger partial charge in [-0.15, -0.1) is 0 Å². The minimum Gasteiger partial charge on any atom is -0.493 e. The lowest BCUT2D eigenvalue weighted by Crippen LogP contribution is -2.48. The van der Waals surface area contributed by atoms with Crippen LogP contribution in [0.4, 0.5) is 0 Å². The predicted molar refractivity (Wildman–Crippen MR) is 83.6 cm³/mol. The highest BCUT2D eigenvalue weighted by Gasteiger charge is 2.29. The van der Waals surface area contributed by atoms with Crippen molar-refractivity contribution in [2.75, 3.05) is 31.8 Å². The molecule has 1 amide bonds. The Bertz CT molecular complexity index is 536. The molecule has 1 aliphatic heterocycles. The van der Waals surface area contributed by atoms with E-state index in [0.717, 1.165) is 5.75 Å². The molecule has 0 spiro atoms. The number of aliphatic carboxylic acids is 1. The zero-order valence-electron chi connectivity index (χ0n) is 12.4. The van der Waals surface area contributed by atoms with Crippen LogP contribution in [-0.4, -0.2) is 59.7 Å². The van der Waals surface area contributed by atoms with Crippen molar-refractivity contribution in [2.24, 2.45) is 0 Å². The van der Waals surface area contributed by atoms with Gasteiger partial charge in [0.05, 0.1) is 19.6 Å². The summed E-state index contributed by atoms with van der Waals surface area (Å²) in [6.07, 6.45) is -0.0343. The first-order valence-electron chi connectivity index (χ1n) is 6.96. The van der Waals surface area contributed by atoms with Gasteiger partial charge in [-0.3, -0.25) is 9.59 Å². The molecule has 1 unspecified atom stereocenters. The maximum Gasteiger partial charge on any atom is 0.305 e. The van der Waals surface area contributed by atoms with Crippen LogP contribution in [-0.2, 0) is 9.59 Å². The van der Waals surface area contributed by atoms with E-state index < -0.39 is 5.97 Å². The van der Waals surface area contributed by atoms with E-state index in [0.29, 0.717) is 23.8 Å². The normalized spacial score (nSPS) is 17.9.